The molecule has 6 aromatic rings. The lowest BCUT2D eigenvalue weighted by Crippen LogP contribution is -2.32. The summed E-state index contributed by atoms with van der Waals surface area (Å²) in [6.45, 7) is 2.25. The van der Waals surface area contributed by atoms with Crippen LogP contribution < -0.4 is 26.2 Å². The molecule has 1 atom stereocenters. The number of methoxy groups -OCH3 is 1. The number of ether oxygens (including phenoxy) is 1. The van der Waals surface area contributed by atoms with Crippen molar-refractivity contribution in [3.8, 4) is 11.4 Å². The van der Waals surface area contributed by atoms with Crippen LogP contribution in [0.25, 0.3) is 22.1 Å². The largest absolute Gasteiger partial charge is 0.497 e. The molecule has 0 aliphatic carbocycles. The van der Waals surface area contributed by atoms with E-state index in [0.717, 1.165) is 11.3 Å². The van der Waals surface area contributed by atoms with Gasteiger partial charge in [0, 0.05) is 36.0 Å². The van der Waals surface area contributed by atoms with Gasteiger partial charge in [-0.05, 0) is 60.3 Å². The van der Waals surface area contributed by atoms with Crippen molar-refractivity contribution in [2.75, 3.05) is 17.7 Å². The smallest absolute Gasteiger partial charge is 0.410 e. The summed E-state index contributed by atoms with van der Waals surface area (Å²) in [7, 11) is 1.62. The second-order valence-electron chi connectivity index (χ2n) is 10.3. The number of fused-ring (bicyclic) bond motifs is 2. The van der Waals surface area contributed by atoms with Crippen LogP contribution in [0.1, 0.15) is 34.6 Å². The Labute approximate surface area is 256 Å². The molecule has 0 aliphatic heterocycles. The zero-order chi connectivity index (χ0) is 31.5. The number of benzene rings is 3. The number of nitrogens with zero attached hydrogens (tertiary/aromatic N) is 4. The molecule has 0 bridgehead atoms. The summed E-state index contributed by atoms with van der Waals surface area (Å²) < 4.78 is 8.15. The zero-order valence-corrected chi connectivity index (χ0v) is 24.4. The summed E-state index contributed by atoms with van der Waals surface area (Å²) in [6.07, 6.45) is 1.68. The molecule has 1 unspecified atom stereocenters. The first-order chi connectivity index (χ1) is 21.8. The van der Waals surface area contributed by atoms with Crippen LogP contribution in [-0.4, -0.2) is 43.4 Å². The number of para-hydroxylation sites is 1. The molecule has 45 heavy (non-hydrogen) atoms. The molecule has 0 radical (unpaired) electrons. The molecule has 3 aromatic heterocycles. The van der Waals surface area contributed by atoms with Gasteiger partial charge in [0.25, 0.3) is 11.5 Å². The Morgan fingerprint density at radius 1 is 1.00 bits per heavy atom. The Kier molecular flexibility index (Phi) is 7.85. The fraction of sp³-hybridized carbons (Fsp3) is 0.121. The predicted octanol–water partition coefficient (Wildman–Crippen LogP) is 5.24. The molecule has 0 saturated carbocycles. The average molecular weight is 604 g/mol. The molecule has 0 saturated heterocycles. The van der Waals surface area contributed by atoms with Crippen molar-refractivity contribution in [2.45, 2.75) is 19.5 Å². The zero-order valence-electron chi connectivity index (χ0n) is 24.4. The lowest BCUT2D eigenvalue weighted by atomic mass is 10.1. The van der Waals surface area contributed by atoms with Crippen LogP contribution in [0.3, 0.4) is 0 Å². The van der Waals surface area contributed by atoms with Gasteiger partial charge in [-0.25, -0.2) is 14.3 Å². The van der Waals surface area contributed by atoms with Gasteiger partial charge in [0.15, 0.2) is 11.5 Å². The van der Waals surface area contributed by atoms with Gasteiger partial charge in [0.2, 0.25) is 0 Å². The average Bonchev–Trinajstić information content (AvgIpc) is 3.41. The minimum Gasteiger partial charge on any atom is -0.497 e. The van der Waals surface area contributed by atoms with Crippen molar-refractivity contribution < 1.29 is 19.4 Å². The molecule has 0 fully saturated rings. The monoisotopic (exact) mass is 603 g/mol. The molecule has 12 heteroatoms. The number of rotatable bonds is 9. The van der Waals surface area contributed by atoms with E-state index < -0.39 is 18.0 Å². The molecule has 3 aromatic carbocycles. The molecule has 2 amide bonds. The first-order valence-corrected chi connectivity index (χ1v) is 14.1. The lowest BCUT2D eigenvalue weighted by molar-refractivity contribution is 0.0941. The van der Waals surface area contributed by atoms with E-state index in [2.05, 4.69) is 26.0 Å². The minimum absolute atomic E-state index is 0.0377. The number of aromatic nitrogens is 4. The standard InChI is InChI=1S/C33H29N7O5/c1-20(36-31(41)28-29(37-33(43)44)38-39-17-7-16-34-30(28)39)26-18-22-8-6-11-25(35-19-21-12-14-24(45-2)15-13-21)27(22)32(42)40(26)23-9-4-3-5-10-23/h3-18,20,35H,19H2,1-2H3,(H,36,41)(H,37,38)(H,43,44). The number of hydrogen-bond acceptors (Lipinski definition) is 7. The molecule has 6 rings (SSSR count). The van der Waals surface area contributed by atoms with E-state index in [-0.39, 0.29) is 22.6 Å². The van der Waals surface area contributed by atoms with E-state index in [0.29, 0.717) is 34.4 Å². The summed E-state index contributed by atoms with van der Waals surface area (Å²) >= 11 is 0. The van der Waals surface area contributed by atoms with Crippen LogP contribution >= 0.6 is 0 Å². The third-order valence-corrected chi connectivity index (χ3v) is 7.37. The van der Waals surface area contributed by atoms with E-state index in [1.165, 1.54) is 10.7 Å². The topological polar surface area (TPSA) is 152 Å². The quantitative estimate of drug-likeness (QED) is 0.175. The fourth-order valence-corrected chi connectivity index (χ4v) is 5.26. The number of carboxylic acid groups (broad SMARTS) is 1. The number of amides is 2. The number of hydrogen-bond donors (Lipinski definition) is 4. The molecule has 226 valence electrons. The van der Waals surface area contributed by atoms with Crippen LogP contribution in [0.5, 0.6) is 5.75 Å². The summed E-state index contributed by atoms with van der Waals surface area (Å²) in [6, 6.07) is 25.2. The van der Waals surface area contributed by atoms with Crippen molar-refractivity contribution in [1.82, 2.24) is 24.5 Å². The summed E-state index contributed by atoms with van der Waals surface area (Å²) in [4.78, 5) is 43.7. The Balaban J connectivity index is 1.40. The maximum atomic E-state index is 14.3. The van der Waals surface area contributed by atoms with Crippen LogP contribution in [0.4, 0.5) is 16.3 Å². The Hall–Kier alpha value is -6.17. The van der Waals surface area contributed by atoms with Gasteiger partial charge in [-0.1, -0.05) is 42.5 Å². The van der Waals surface area contributed by atoms with Gasteiger partial charge in [0.05, 0.1) is 18.5 Å². The van der Waals surface area contributed by atoms with E-state index in [1.54, 1.807) is 30.9 Å². The maximum absolute atomic E-state index is 14.3. The second-order valence-corrected chi connectivity index (χ2v) is 10.3. The van der Waals surface area contributed by atoms with E-state index in [9.17, 15) is 19.5 Å². The minimum atomic E-state index is -1.37. The highest BCUT2D eigenvalue weighted by atomic mass is 16.5. The number of carbonyl (C=O) groups is 2. The van der Waals surface area contributed by atoms with Crippen molar-refractivity contribution in [1.29, 1.82) is 0 Å². The molecule has 12 nitrogen and oxygen atoms in total. The van der Waals surface area contributed by atoms with E-state index in [1.807, 2.05) is 78.9 Å². The number of carbonyl (C=O) groups excluding carboxylic acids is 1. The van der Waals surface area contributed by atoms with Crippen LogP contribution in [0.15, 0.2) is 102 Å². The van der Waals surface area contributed by atoms with Crippen LogP contribution in [0, 0.1) is 0 Å². The van der Waals surface area contributed by atoms with Crippen molar-refractivity contribution >= 4 is 39.9 Å². The number of anilines is 2. The molecule has 4 N–H and O–H groups in total. The molecule has 0 spiro atoms. The highest BCUT2D eigenvalue weighted by Crippen LogP contribution is 2.27. The second kappa shape index (κ2) is 12.2. The van der Waals surface area contributed by atoms with Gasteiger partial charge in [-0.15, -0.1) is 5.10 Å². The van der Waals surface area contributed by atoms with Gasteiger partial charge in [-0.3, -0.25) is 19.5 Å². The number of pyridine rings is 1. The Morgan fingerprint density at radius 3 is 2.51 bits per heavy atom. The molecular formula is C33H29N7O5. The van der Waals surface area contributed by atoms with Gasteiger partial charge in [-0.2, -0.15) is 0 Å². The molecular weight excluding hydrogens is 574 g/mol. The van der Waals surface area contributed by atoms with Crippen molar-refractivity contribution in [2.24, 2.45) is 0 Å². The normalized spacial score (nSPS) is 11.7. The summed E-state index contributed by atoms with van der Waals surface area (Å²) in [5.74, 6) is -0.00457. The maximum Gasteiger partial charge on any atom is 0.410 e. The Morgan fingerprint density at radius 2 is 1.78 bits per heavy atom. The van der Waals surface area contributed by atoms with Gasteiger partial charge in [0.1, 0.15) is 11.3 Å². The van der Waals surface area contributed by atoms with Crippen LogP contribution in [0.2, 0.25) is 0 Å². The SMILES string of the molecule is COc1ccc(CNc2cccc3cc(C(C)NC(=O)c4c(NC(=O)O)nn5cccnc45)n(-c4ccccc4)c(=O)c23)cc1. The predicted molar refractivity (Wildman–Crippen MR) is 170 cm³/mol. The molecule has 3 heterocycles. The first kappa shape index (κ1) is 28.9. The highest BCUT2D eigenvalue weighted by molar-refractivity contribution is 6.06. The fourth-order valence-electron chi connectivity index (χ4n) is 5.26. The lowest BCUT2D eigenvalue weighted by Gasteiger charge is -2.22. The Bertz CT molecular complexity index is 2090. The summed E-state index contributed by atoms with van der Waals surface area (Å²) in [5, 5.41) is 23.2. The van der Waals surface area contributed by atoms with Crippen molar-refractivity contribution in [3.05, 3.63) is 124 Å². The highest BCUT2D eigenvalue weighted by Gasteiger charge is 2.26. The van der Waals surface area contributed by atoms with E-state index >= 15 is 0 Å². The van der Waals surface area contributed by atoms with Crippen molar-refractivity contribution in [3.63, 3.8) is 0 Å². The van der Waals surface area contributed by atoms with Gasteiger partial charge >= 0.3 is 6.09 Å². The third kappa shape index (κ3) is 5.76. The summed E-state index contributed by atoms with van der Waals surface area (Å²) in [5.41, 5.74) is 2.71. The number of nitrogens with one attached hydrogen (secondary N) is 3. The third-order valence-electron chi connectivity index (χ3n) is 7.37. The van der Waals surface area contributed by atoms with E-state index in [4.69, 9.17) is 4.74 Å². The first-order valence-electron chi connectivity index (χ1n) is 14.1. The molecule has 0 aliphatic rings. The van der Waals surface area contributed by atoms with Crippen LogP contribution in [-0.2, 0) is 6.54 Å². The van der Waals surface area contributed by atoms with Gasteiger partial charge < -0.3 is 20.5 Å².